The molecule has 0 saturated heterocycles. The minimum Gasteiger partial charge on any atom is -0.393 e. The van der Waals surface area contributed by atoms with Crippen LogP contribution in [0.3, 0.4) is 0 Å². The first-order valence-corrected chi connectivity index (χ1v) is 9.15. The molecule has 0 radical (unpaired) electrons. The van der Waals surface area contributed by atoms with Crippen molar-refractivity contribution in [1.82, 2.24) is 10.3 Å². The topological polar surface area (TPSA) is 62.2 Å². The van der Waals surface area contributed by atoms with Gasteiger partial charge in [0.2, 0.25) is 5.91 Å². The van der Waals surface area contributed by atoms with Gasteiger partial charge in [-0.25, -0.2) is 4.39 Å². The number of rotatable bonds is 5. The van der Waals surface area contributed by atoms with Crippen molar-refractivity contribution < 1.29 is 14.3 Å². The van der Waals surface area contributed by atoms with Crippen LogP contribution < -0.4 is 5.32 Å². The van der Waals surface area contributed by atoms with Crippen LogP contribution in [0.15, 0.2) is 60.8 Å². The Kier molecular flexibility index (Phi) is 4.86. The molecule has 5 heteroatoms. The average Bonchev–Trinajstić information content (AvgIpc) is 2.63. The average molecular weight is 364 g/mol. The molecule has 1 amide bonds. The molecular weight excluding hydrogens is 343 g/mol. The predicted molar refractivity (Wildman–Crippen MR) is 101 cm³/mol. The zero-order valence-electron chi connectivity index (χ0n) is 14.8. The zero-order chi connectivity index (χ0) is 18.8. The van der Waals surface area contributed by atoms with Crippen molar-refractivity contribution in [2.24, 2.45) is 5.92 Å². The molecule has 1 heterocycles. The minimum atomic E-state index is -0.349. The summed E-state index contributed by atoms with van der Waals surface area (Å²) in [6, 6.07) is 15.7. The van der Waals surface area contributed by atoms with E-state index in [2.05, 4.69) is 10.3 Å². The monoisotopic (exact) mass is 364 g/mol. The van der Waals surface area contributed by atoms with Gasteiger partial charge in [-0.2, -0.15) is 0 Å². The number of hydrogen-bond donors (Lipinski definition) is 2. The number of carbonyl (C=O) groups is 1. The van der Waals surface area contributed by atoms with Gasteiger partial charge in [0.25, 0.3) is 0 Å². The van der Waals surface area contributed by atoms with Gasteiger partial charge in [0, 0.05) is 11.6 Å². The van der Waals surface area contributed by atoms with E-state index < -0.39 is 0 Å². The summed E-state index contributed by atoms with van der Waals surface area (Å²) in [6.45, 7) is 0. The van der Waals surface area contributed by atoms with E-state index in [1.807, 2.05) is 30.3 Å². The Morgan fingerprint density at radius 2 is 2.00 bits per heavy atom. The number of nitrogens with zero attached hydrogens (tertiary/aromatic N) is 1. The Balaban J connectivity index is 1.56. The van der Waals surface area contributed by atoms with E-state index in [1.165, 1.54) is 12.1 Å². The third-order valence-electron chi connectivity index (χ3n) is 5.16. The number of carbonyl (C=O) groups excluding carboxylic acids is 1. The van der Waals surface area contributed by atoms with Crippen molar-refractivity contribution in [2.75, 3.05) is 0 Å². The fourth-order valence-corrected chi connectivity index (χ4v) is 3.69. The number of fused-ring (bicyclic) bond motifs is 1. The van der Waals surface area contributed by atoms with Crippen LogP contribution in [0.2, 0.25) is 0 Å². The summed E-state index contributed by atoms with van der Waals surface area (Å²) in [5.41, 5.74) is 2.47. The smallest absolute Gasteiger partial charge is 0.224 e. The molecule has 1 aliphatic rings. The van der Waals surface area contributed by atoms with Crippen LogP contribution >= 0.6 is 0 Å². The summed E-state index contributed by atoms with van der Waals surface area (Å²) in [6.07, 6.45) is 2.89. The number of benzene rings is 2. The summed E-state index contributed by atoms with van der Waals surface area (Å²) >= 11 is 0. The normalized spacial score (nSPS) is 20.1. The quantitative estimate of drug-likeness (QED) is 0.728. The molecule has 27 heavy (non-hydrogen) atoms. The van der Waals surface area contributed by atoms with Gasteiger partial charge in [0.1, 0.15) is 5.82 Å². The maximum absolute atomic E-state index is 13.4. The third kappa shape index (κ3) is 3.98. The Hall–Kier alpha value is -2.79. The third-order valence-corrected chi connectivity index (χ3v) is 5.16. The Morgan fingerprint density at radius 1 is 1.19 bits per heavy atom. The van der Waals surface area contributed by atoms with Crippen LogP contribution in [-0.2, 0) is 11.2 Å². The van der Waals surface area contributed by atoms with Crippen molar-refractivity contribution in [3.63, 3.8) is 0 Å². The van der Waals surface area contributed by atoms with E-state index in [-0.39, 0.29) is 36.2 Å². The van der Waals surface area contributed by atoms with E-state index >= 15 is 0 Å². The lowest BCUT2D eigenvalue weighted by Crippen LogP contribution is -2.42. The van der Waals surface area contributed by atoms with Gasteiger partial charge in [0.05, 0.1) is 24.1 Å². The zero-order valence-corrected chi connectivity index (χ0v) is 14.8. The first kappa shape index (κ1) is 17.6. The second-order valence-electron chi connectivity index (χ2n) is 7.20. The molecule has 1 saturated carbocycles. The molecule has 2 N–H and O–H groups in total. The highest BCUT2D eigenvalue weighted by Crippen LogP contribution is 2.38. The number of para-hydroxylation sites is 1. The first-order chi connectivity index (χ1) is 13.1. The molecule has 2 aromatic carbocycles. The molecule has 1 aliphatic carbocycles. The highest BCUT2D eigenvalue weighted by Gasteiger charge is 2.35. The number of aliphatic hydroxyl groups is 1. The van der Waals surface area contributed by atoms with Crippen LogP contribution in [0.25, 0.3) is 10.9 Å². The molecular formula is C22H21FN2O2. The first-order valence-electron chi connectivity index (χ1n) is 9.15. The maximum Gasteiger partial charge on any atom is 0.224 e. The van der Waals surface area contributed by atoms with Gasteiger partial charge >= 0.3 is 0 Å². The lowest BCUT2D eigenvalue weighted by molar-refractivity contribution is -0.122. The predicted octanol–water partition coefficient (Wildman–Crippen LogP) is 3.54. The summed E-state index contributed by atoms with van der Waals surface area (Å²) < 4.78 is 13.4. The van der Waals surface area contributed by atoms with Gasteiger partial charge in [-0.05, 0) is 54.2 Å². The number of aromatic nitrogens is 1. The molecule has 3 aromatic rings. The van der Waals surface area contributed by atoms with E-state index in [0.717, 1.165) is 16.5 Å². The highest BCUT2D eigenvalue weighted by molar-refractivity contribution is 5.81. The largest absolute Gasteiger partial charge is 0.393 e. The minimum absolute atomic E-state index is 0.116. The van der Waals surface area contributed by atoms with E-state index in [4.69, 9.17) is 0 Å². The molecule has 0 aliphatic heterocycles. The van der Waals surface area contributed by atoms with Crippen molar-refractivity contribution >= 4 is 16.8 Å². The van der Waals surface area contributed by atoms with Crippen molar-refractivity contribution in [3.8, 4) is 0 Å². The van der Waals surface area contributed by atoms with Crippen LogP contribution in [0.4, 0.5) is 4.39 Å². The van der Waals surface area contributed by atoms with Gasteiger partial charge in [-0.15, -0.1) is 0 Å². The summed E-state index contributed by atoms with van der Waals surface area (Å²) in [4.78, 5) is 17.1. The number of hydrogen-bond acceptors (Lipinski definition) is 3. The lowest BCUT2D eigenvalue weighted by Gasteiger charge is -2.38. The standard InChI is InChI=1S/C22H21FN2O2/c23-18-6-3-4-14(8-18)9-21(27)25-22(16-11-19(26)12-16)17-10-15-5-1-2-7-20(15)24-13-17/h1-8,10,13,16,19,22,26H,9,11-12H2,(H,25,27)/t16?,19?,22-/m1/s1. The SMILES string of the molecule is O=C(Cc1cccc(F)c1)N[C@@H](c1cnc2ccccc2c1)C1CC(O)C1. The van der Waals surface area contributed by atoms with Gasteiger partial charge in [-0.3, -0.25) is 9.78 Å². The summed E-state index contributed by atoms with van der Waals surface area (Å²) in [5.74, 6) is -0.350. The van der Waals surface area contributed by atoms with Gasteiger partial charge in [0.15, 0.2) is 0 Å². The number of pyridine rings is 1. The number of halogens is 1. The molecule has 1 aromatic heterocycles. The molecule has 0 bridgehead atoms. The van der Waals surface area contributed by atoms with Crippen LogP contribution in [-0.4, -0.2) is 22.1 Å². The van der Waals surface area contributed by atoms with E-state index in [1.54, 1.807) is 18.3 Å². The van der Waals surface area contributed by atoms with Gasteiger partial charge in [-0.1, -0.05) is 30.3 Å². The molecule has 1 atom stereocenters. The van der Waals surface area contributed by atoms with E-state index in [0.29, 0.717) is 18.4 Å². The number of amides is 1. The Labute approximate surface area is 157 Å². The van der Waals surface area contributed by atoms with Crippen molar-refractivity contribution in [1.29, 1.82) is 0 Å². The summed E-state index contributed by atoms with van der Waals surface area (Å²) in [5, 5.41) is 13.8. The molecule has 4 rings (SSSR count). The van der Waals surface area contributed by atoms with Crippen molar-refractivity contribution in [3.05, 3.63) is 77.7 Å². The lowest BCUT2D eigenvalue weighted by atomic mass is 9.75. The van der Waals surface area contributed by atoms with Crippen LogP contribution in [0.1, 0.15) is 30.0 Å². The second-order valence-corrected chi connectivity index (χ2v) is 7.20. The fourth-order valence-electron chi connectivity index (χ4n) is 3.69. The second kappa shape index (κ2) is 7.45. The number of aliphatic hydroxyl groups excluding tert-OH is 1. The highest BCUT2D eigenvalue weighted by atomic mass is 19.1. The maximum atomic E-state index is 13.4. The number of nitrogens with one attached hydrogen (secondary N) is 1. The van der Waals surface area contributed by atoms with Crippen LogP contribution in [0.5, 0.6) is 0 Å². The summed E-state index contributed by atoms with van der Waals surface area (Å²) in [7, 11) is 0. The molecule has 0 unspecified atom stereocenters. The van der Waals surface area contributed by atoms with Crippen LogP contribution in [0, 0.1) is 11.7 Å². The van der Waals surface area contributed by atoms with Gasteiger partial charge < -0.3 is 10.4 Å². The fraction of sp³-hybridized carbons (Fsp3) is 0.273. The molecule has 138 valence electrons. The Morgan fingerprint density at radius 3 is 2.78 bits per heavy atom. The molecule has 1 fully saturated rings. The molecule has 0 spiro atoms. The Bertz CT molecular complexity index is 969. The van der Waals surface area contributed by atoms with Crippen molar-refractivity contribution in [2.45, 2.75) is 31.4 Å². The van der Waals surface area contributed by atoms with E-state index in [9.17, 15) is 14.3 Å². The molecule has 4 nitrogen and oxygen atoms in total.